The fraction of sp³-hybridized carbons (Fsp3) is 0.571. The zero-order valence-electron chi connectivity index (χ0n) is 10.3. The normalized spacial score (nSPS) is 22.4. The van der Waals surface area contributed by atoms with E-state index in [4.69, 9.17) is 0 Å². The topological polar surface area (TPSA) is 3.24 Å². The molecule has 0 N–H and O–H groups in total. The maximum Gasteiger partial charge on any atom is 0.128 e. The summed E-state index contributed by atoms with van der Waals surface area (Å²) in [7, 11) is 0. The third-order valence-corrected chi connectivity index (χ3v) is 4.07. The van der Waals surface area contributed by atoms with Crippen molar-refractivity contribution < 1.29 is 4.39 Å². The lowest BCUT2D eigenvalue weighted by atomic mass is 10.1. The van der Waals surface area contributed by atoms with Crippen molar-refractivity contribution in [1.82, 2.24) is 4.90 Å². The van der Waals surface area contributed by atoms with Gasteiger partial charge >= 0.3 is 0 Å². The molecule has 1 nitrogen and oxygen atoms in total. The van der Waals surface area contributed by atoms with Gasteiger partial charge in [-0.25, -0.2) is 4.39 Å². The van der Waals surface area contributed by atoms with Crippen LogP contribution in [-0.2, 0) is 6.54 Å². The van der Waals surface area contributed by atoms with Crippen LogP contribution in [0.15, 0.2) is 22.7 Å². The van der Waals surface area contributed by atoms with Crippen LogP contribution in [0.2, 0.25) is 0 Å². The highest BCUT2D eigenvalue weighted by molar-refractivity contribution is 9.10. The van der Waals surface area contributed by atoms with Crippen LogP contribution in [0.3, 0.4) is 0 Å². The molecule has 1 heterocycles. The van der Waals surface area contributed by atoms with Crippen LogP contribution < -0.4 is 0 Å². The van der Waals surface area contributed by atoms with Crippen molar-refractivity contribution >= 4 is 15.9 Å². The van der Waals surface area contributed by atoms with Gasteiger partial charge in [-0.1, -0.05) is 34.8 Å². The minimum atomic E-state index is -0.101. The average Bonchev–Trinajstić information content (AvgIpc) is 2.48. The second-order valence-electron chi connectivity index (χ2n) is 4.90. The molecule has 1 aliphatic rings. The van der Waals surface area contributed by atoms with Crippen LogP contribution in [-0.4, -0.2) is 17.5 Å². The zero-order chi connectivity index (χ0) is 12.3. The Labute approximate surface area is 111 Å². The molecule has 94 valence electrons. The van der Waals surface area contributed by atoms with Gasteiger partial charge in [0.2, 0.25) is 0 Å². The van der Waals surface area contributed by atoms with E-state index >= 15 is 0 Å². The first-order valence-corrected chi connectivity index (χ1v) is 7.14. The molecule has 1 fully saturated rings. The van der Waals surface area contributed by atoms with Crippen molar-refractivity contribution in [1.29, 1.82) is 0 Å². The summed E-state index contributed by atoms with van der Waals surface area (Å²) in [5.74, 6) is -0.101. The number of hydrogen-bond donors (Lipinski definition) is 0. The predicted molar refractivity (Wildman–Crippen MR) is 72.4 cm³/mol. The molecule has 17 heavy (non-hydrogen) atoms. The third-order valence-electron chi connectivity index (χ3n) is 3.58. The smallest absolute Gasteiger partial charge is 0.128 e. The summed E-state index contributed by atoms with van der Waals surface area (Å²) in [4.78, 5) is 2.40. The van der Waals surface area contributed by atoms with Gasteiger partial charge in [-0.15, -0.1) is 0 Å². The largest absolute Gasteiger partial charge is 0.296 e. The Morgan fingerprint density at radius 1 is 1.35 bits per heavy atom. The van der Waals surface area contributed by atoms with Crippen molar-refractivity contribution in [3.63, 3.8) is 0 Å². The summed E-state index contributed by atoms with van der Waals surface area (Å²) in [6.45, 7) is 4.08. The summed E-state index contributed by atoms with van der Waals surface area (Å²) >= 11 is 3.29. The van der Waals surface area contributed by atoms with Gasteiger partial charge in [0.15, 0.2) is 0 Å². The molecule has 3 heteroatoms. The molecule has 1 aliphatic heterocycles. The van der Waals surface area contributed by atoms with E-state index < -0.39 is 0 Å². The number of benzene rings is 1. The highest BCUT2D eigenvalue weighted by atomic mass is 79.9. The number of likely N-dealkylation sites (tertiary alicyclic amines) is 1. The van der Waals surface area contributed by atoms with Crippen molar-refractivity contribution in [2.75, 3.05) is 6.54 Å². The second-order valence-corrected chi connectivity index (χ2v) is 5.82. The van der Waals surface area contributed by atoms with Crippen molar-refractivity contribution in [2.24, 2.45) is 0 Å². The third kappa shape index (κ3) is 3.52. The quantitative estimate of drug-likeness (QED) is 0.784. The Balaban J connectivity index is 2.08. The summed E-state index contributed by atoms with van der Waals surface area (Å²) in [6, 6.07) is 5.93. The van der Waals surface area contributed by atoms with Crippen molar-refractivity contribution in [3.05, 3.63) is 34.1 Å². The molecule has 1 aromatic rings. The molecule has 1 saturated heterocycles. The highest BCUT2D eigenvalue weighted by Crippen LogP contribution is 2.21. The van der Waals surface area contributed by atoms with Gasteiger partial charge in [0, 0.05) is 22.6 Å². The van der Waals surface area contributed by atoms with Gasteiger partial charge in [0.1, 0.15) is 5.82 Å². The summed E-state index contributed by atoms with van der Waals surface area (Å²) < 4.78 is 14.6. The second kappa shape index (κ2) is 5.96. The fourth-order valence-corrected chi connectivity index (χ4v) is 2.77. The van der Waals surface area contributed by atoms with E-state index in [0.29, 0.717) is 6.04 Å². The molecule has 0 aliphatic carbocycles. The van der Waals surface area contributed by atoms with E-state index in [-0.39, 0.29) is 5.82 Å². The first kappa shape index (κ1) is 13.0. The van der Waals surface area contributed by atoms with Gasteiger partial charge in [-0.05, 0) is 38.4 Å². The van der Waals surface area contributed by atoms with E-state index in [1.165, 1.54) is 25.7 Å². The van der Waals surface area contributed by atoms with Crippen LogP contribution in [0.25, 0.3) is 0 Å². The van der Waals surface area contributed by atoms with Gasteiger partial charge in [-0.3, -0.25) is 4.90 Å². The van der Waals surface area contributed by atoms with E-state index in [9.17, 15) is 4.39 Å². The molecule has 0 radical (unpaired) electrons. The maximum atomic E-state index is 13.8. The molecule has 0 saturated carbocycles. The van der Waals surface area contributed by atoms with Gasteiger partial charge in [0.25, 0.3) is 0 Å². The first-order valence-electron chi connectivity index (χ1n) is 6.35. The van der Waals surface area contributed by atoms with Crippen LogP contribution in [0.4, 0.5) is 4.39 Å². The Hall–Kier alpha value is -0.410. The highest BCUT2D eigenvalue weighted by Gasteiger charge is 2.18. The molecule has 1 atom stereocenters. The Morgan fingerprint density at radius 3 is 2.94 bits per heavy atom. The molecule has 1 unspecified atom stereocenters. The van der Waals surface area contributed by atoms with E-state index in [1.54, 1.807) is 6.07 Å². The first-order chi connectivity index (χ1) is 8.16. The van der Waals surface area contributed by atoms with E-state index in [1.807, 2.05) is 12.1 Å². The number of hydrogen-bond acceptors (Lipinski definition) is 1. The van der Waals surface area contributed by atoms with Crippen LogP contribution in [0.5, 0.6) is 0 Å². The molecular formula is C14H19BrFN. The molecule has 0 bridgehead atoms. The van der Waals surface area contributed by atoms with Gasteiger partial charge in [-0.2, -0.15) is 0 Å². The van der Waals surface area contributed by atoms with E-state index in [0.717, 1.165) is 23.1 Å². The summed E-state index contributed by atoms with van der Waals surface area (Å²) in [5.41, 5.74) is 0.807. The Bertz CT molecular complexity index is 380. The minimum absolute atomic E-state index is 0.101. The van der Waals surface area contributed by atoms with Crippen LogP contribution >= 0.6 is 15.9 Å². The monoisotopic (exact) mass is 299 g/mol. The standard InChI is InChI=1S/C14H19BrFN/c1-11-5-3-2-4-8-17(11)10-12-6-7-13(15)9-14(12)16/h6-7,9,11H,2-5,8,10H2,1H3. The van der Waals surface area contributed by atoms with Crippen molar-refractivity contribution in [2.45, 2.75) is 45.2 Å². The lowest BCUT2D eigenvalue weighted by Crippen LogP contribution is -2.32. The Morgan fingerprint density at radius 2 is 2.18 bits per heavy atom. The molecule has 2 rings (SSSR count). The zero-order valence-corrected chi connectivity index (χ0v) is 11.8. The maximum absolute atomic E-state index is 13.8. The lowest BCUT2D eigenvalue weighted by molar-refractivity contribution is 0.202. The number of halogens is 2. The van der Waals surface area contributed by atoms with Crippen LogP contribution in [0, 0.1) is 5.82 Å². The predicted octanol–water partition coefficient (Wildman–Crippen LogP) is 4.35. The van der Waals surface area contributed by atoms with Crippen molar-refractivity contribution in [3.8, 4) is 0 Å². The summed E-state index contributed by atoms with van der Waals surface area (Å²) in [5, 5.41) is 0. The number of nitrogens with zero attached hydrogens (tertiary/aromatic N) is 1. The molecule has 0 amide bonds. The van der Waals surface area contributed by atoms with Gasteiger partial charge in [0.05, 0.1) is 0 Å². The molecule has 1 aromatic carbocycles. The molecule has 0 aromatic heterocycles. The van der Waals surface area contributed by atoms with Crippen LogP contribution in [0.1, 0.15) is 38.2 Å². The SMILES string of the molecule is CC1CCCCCN1Cc1ccc(Br)cc1F. The molecular weight excluding hydrogens is 281 g/mol. The Kier molecular flexibility index (Phi) is 4.57. The fourth-order valence-electron chi connectivity index (χ4n) is 2.44. The average molecular weight is 300 g/mol. The minimum Gasteiger partial charge on any atom is -0.296 e. The van der Waals surface area contributed by atoms with Gasteiger partial charge < -0.3 is 0 Å². The lowest BCUT2D eigenvalue weighted by Gasteiger charge is -2.27. The molecule has 0 spiro atoms. The summed E-state index contributed by atoms with van der Waals surface area (Å²) in [6.07, 6.45) is 5.09. The van der Waals surface area contributed by atoms with E-state index in [2.05, 4.69) is 27.8 Å². The number of rotatable bonds is 2.